The third-order valence-electron chi connectivity index (χ3n) is 5.03. The Hall–Kier alpha value is -1.51. The smallest absolute Gasteiger partial charge is 0.101 e. The summed E-state index contributed by atoms with van der Waals surface area (Å²) in [7, 11) is -1.51. The highest BCUT2D eigenvalue weighted by molar-refractivity contribution is 8.12. The summed E-state index contributed by atoms with van der Waals surface area (Å²) < 4.78 is -0.0294. The van der Waals surface area contributed by atoms with Gasteiger partial charge in [0.15, 0.2) is 0 Å². The largest absolute Gasteiger partial charge is 0.107 e. The molecule has 2 heteroatoms. The molecule has 1 aliphatic rings. The van der Waals surface area contributed by atoms with Crippen LogP contribution < -0.4 is 0 Å². The Morgan fingerprint density at radius 2 is 1.36 bits per heavy atom. The molecule has 1 fully saturated rings. The number of hydrogen-bond acceptors (Lipinski definition) is 1. The Balaban J connectivity index is 2.29. The van der Waals surface area contributed by atoms with Crippen molar-refractivity contribution in [3.05, 3.63) is 94.5 Å². The molecular weight excluding hydrogens is 336 g/mol. The summed E-state index contributed by atoms with van der Waals surface area (Å²) in [4.78, 5) is 1.55. The summed E-state index contributed by atoms with van der Waals surface area (Å²) in [6.07, 6.45) is 2.13. The van der Waals surface area contributed by atoms with E-state index < -0.39 is 8.07 Å². The molecule has 0 aromatic heterocycles. The number of benzene rings is 2. The lowest BCUT2D eigenvalue weighted by atomic mass is 9.86. The van der Waals surface area contributed by atoms with Crippen molar-refractivity contribution in [3.63, 3.8) is 0 Å². The molecule has 0 amide bonds. The van der Waals surface area contributed by atoms with Gasteiger partial charge in [0.2, 0.25) is 0 Å². The van der Waals surface area contributed by atoms with Crippen molar-refractivity contribution in [1.29, 1.82) is 0 Å². The van der Waals surface area contributed by atoms with Gasteiger partial charge in [-0.3, -0.25) is 0 Å². The van der Waals surface area contributed by atoms with Gasteiger partial charge in [0.05, 0.1) is 8.07 Å². The van der Waals surface area contributed by atoms with Crippen LogP contribution in [0.5, 0.6) is 0 Å². The summed E-state index contributed by atoms with van der Waals surface area (Å²) in [6, 6.07) is 21.9. The maximum absolute atomic E-state index is 4.15. The minimum absolute atomic E-state index is 0.0259. The molecule has 0 spiro atoms. The lowest BCUT2D eigenvalue weighted by molar-refractivity contribution is 0.601. The van der Waals surface area contributed by atoms with Crippen LogP contribution in [0.3, 0.4) is 0 Å². The molecule has 1 heterocycles. The average molecular weight is 365 g/mol. The molecule has 0 nitrogen and oxygen atoms in total. The first-order valence-corrected chi connectivity index (χ1v) is 13.2. The van der Waals surface area contributed by atoms with E-state index in [0.29, 0.717) is 0 Å². The van der Waals surface area contributed by atoms with E-state index >= 15 is 0 Å². The van der Waals surface area contributed by atoms with Crippen LogP contribution >= 0.6 is 11.8 Å². The molecule has 2 aromatic rings. The van der Waals surface area contributed by atoms with Crippen LogP contribution in [0.25, 0.3) is 0 Å². The molecule has 0 N–H and O–H groups in total. The van der Waals surface area contributed by atoms with Crippen molar-refractivity contribution in [2.45, 2.75) is 38.2 Å². The minimum atomic E-state index is -1.51. The standard InChI is InChI=1S/C23H28SSi/c1-7-22(2,3)21(25(4,5)6)20-23(24-20,18-14-10-8-11-15-18)19-16-12-9-13-17-19/h7-17H,1H2,2-6H3/b21-20+. The summed E-state index contributed by atoms with van der Waals surface area (Å²) in [6.45, 7) is 16.2. The van der Waals surface area contributed by atoms with Crippen molar-refractivity contribution >= 4 is 19.8 Å². The quantitative estimate of drug-likeness (QED) is 0.312. The second-order valence-electron chi connectivity index (χ2n) is 8.40. The van der Waals surface area contributed by atoms with E-state index in [1.165, 1.54) is 11.1 Å². The van der Waals surface area contributed by atoms with Crippen LogP contribution in [0.2, 0.25) is 19.6 Å². The van der Waals surface area contributed by atoms with E-state index in [-0.39, 0.29) is 10.2 Å². The summed E-state index contributed by atoms with van der Waals surface area (Å²) in [5, 5.41) is 1.63. The monoisotopic (exact) mass is 364 g/mol. The van der Waals surface area contributed by atoms with Gasteiger partial charge in [-0.25, -0.2) is 0 Å². The first kappa shape index (κ1) is 18.3. The third-order valence-corrected chi connectivity index (χ3v) is 9.09. The Kier molecular flexibility index (Phi) is 4.63. The normalized spacial score (nSPS) is 18.6. The van der Waals surface area contributed by atoms with Crippen molar-refractivity contribution in [2.75, 3.05) is 0 Å². The van der Waals surface area contributed by atoms with Crippen molar-refractivity contribution in [3.8, 4) is 0 Å². The lowest BCUT2D eigenvalue weighted by Gasteiger charge is -2.34. The van der Waals surface area contributed by atoms with Crippen LogP contribution in [0.1, 0.15) is 25.0 Å². The van der Waals surface area contributed by atoms with Crippen molar-refractivity contribution < 1.29 is 0 Å². The van der Waals surface area contributed by atoms with Gasteiger partial charge >= 0.3 is 0 Å². The molecule has 0 aliphatic carbocycles. The van der Waals surface area contributed by atoms with E-state index in [1.807, 2.05) is 11.8 Å². The van der Waals surface area contributed by atoms with Gasteiger partial charge in [-0.2, -0.15) is 0 Å². The Morgan fingerprint density at radius 1 is 0.920 bits per heavy atom. The number of thioether (sulfide) groups is 1. The Labute approximate surface area is 158 Å². The van der Waals surface area contributed by atoms with Gasteiger partial charge in [0, 0.05) is 10.3 Å². The van der Waals surface area contributed by atoms with E-state index in [0.717, 1.165) is 0 Å². The maximum atomic E-state index is 4.15. The summed E-state index contributed by atoms with van der Waals surface area (Å²) in [5.41, 5.74) is 2.80. The zero-order valence-corrected chi connectivity index (χ0v) is 17.8. The second kappa shape index (κ2) is 6.33. The highest BCUT2D eigenvalue weighted by atomic mass is 32.2. The molecule has 25 heavy (non-hydrogen) atoms. The molecule has 1 saturated heterocycles. The summed E-state index contributed by atoms with van der Waals surface area (Å²) in [5.74, 6) is 0. The van der Waals surface area contributed by atoms with Gasteiger partial charge in [-0.1, -0.05) is 105 Å². The van der Waals surface area contributed by atoms with Crippen LogP contribution in [0, 0.1) is 5.41 Å². The second-order valence-corrected chi connectivity index (χ2v) is 14.6. The molecule has 0 radical (unpaired) electrons. The van der Waals surface area contributed by atoms with Gasteiger partial charge in [0.25, 0.3) is 0 Å². The molecule has 0 saturated carbocycles. The van der Waals surface area contributed by atoms with Crippen LogP contribution in [0.15, 0.2) is 83.4 Å². The van der Waals surface area contributed by atoms with Crippen molar-refractivity contribution in [1.82, 2.24) is 0 Å². The van der Waals surface area contributed by atoms with Crippen LogP contribution in [-0.4, -0.2) is 8.07 Å². The van der Waals surface area contributed by atoms with E-state index in [4.69, 9.17) is 0 Å². The molecule has 0 atom stereocenters. The first-order valence-electron chi connectivity index (χ1n) is 8.93. The summed E-state index contributed by atoms with van der Waals surface area (Å²) >= 11 is 2.03. The molecule has 0 unspecified atom stereocenters. The van der Waals surface area contributed by atoms with E-state index in [2.05, 4.69) is 107 Å². The SMILES string of the molecule is C=CC(C)(C)/C(=C1\SC1(c1ccccc1)c1ccccc1)[Si](C)(C)C. The molecule has 130 valence electrons. The van der Waals surface area contributed by atoms with Gasteiger partial charge in [0.1, 0.15) is 4.75 Å². The highest BCUT2D eigenvalue weighted by Gasteiger charge is 2.57. The predicted octanol–water partition coefficient (Wildman–Crippen LogP) is 7.02. The van der Waals surface area contributed by atoms with Crippen molar-refractivity contribution in [2.24, 2.45) is 5.41 Å². The van der Waals surface area contributed by atoms with Crippen LogP contribution in [0.4, 0.5) is 0 Å². The zero-order valence-electron chi connectivity index (χ0n) is 16.0. The van der Waals surface area contributed by atoms with Gasteiger partial charge < -0.3 is 0 Å². The molecular formula is C23H28SSi. The third kappa shape index (κ3) is 3.18. The fraction of sp³-hybridized carbons (Fsp3) is 0.304. The molecule has 0 bridgehead atoms. The molecule has 1 aliphatic heterocycles. The predicted molar refractivity (Wildman–Crippen MR) is 116 cm³/mol. The fourth-order valence-corrected chi connectivity index (χ4v) is 9.48. The molecule has 2 aromatic carbocycles. The first-order chi connectivity index (χ1) is 11.7. The Bertz CT molecular complexity index is 755. The highest BCUT2D eigenvalue weighted by Crippen LogP contribution is 2.71. The topological polar surface area (TPSA) is 0 Å². The van der Waals surface area contributed by atoms with Gasteiger partial charge in [-0.05, 0) is 11.1 Å². The number of hydrogen-bond donors (Lipinski definition) is 0. The molecule has 3 rings (SSSR count). The van der Waals surface area contributed by atoms with E-state index in [9.17, 15) is 0 Å². The maximum Gasteiger partial charge on any atom is 0.101 e. The number of rotatable bonds is 5. The number of allylic oxidation sites excluding steroid dienone is 2. The average Bonchev–Trinajstić information content (AvgIpc) is 3.30. The minimum Gasteiger partial charge on any atom is -0.107 e. The lowest BCUT2D eigenvalue weighted by Crippen LogP contribution is -2.34. The van der Waals surface area contributed by atoms with Crippen LogP contribution in [-0.2, 0) is 4.75 Å². The fourth-order valence-electron chi connectivity index (χ4n) is 3.95. The van der Waals surface area contributed by atoms with E-state index in [1.54, 1.807) is 10.1 Å². The Morgan fingerprint density at radius 3 is 1.72 bits per heavy atom. The zero-order chi connectivity index (χ0) is 18.3. The van der Waals surface area contributed by atoms with Gasteiger partial charge in [-0.15, -0.1) is 18.3 Å².